The topological polar surface area (TPSA) is 55.4 Å². The summed E-state index contributed by atoms with van der Waals surface area (Å²) in [5.74, 6) is -0.811. The predicted octanol–water partition coefficient (Wildman–Crippen LogP) is 5.01. The van der Waals surface area contributed by atoms with E-state index in [1.807, 2.05) is 54.8 Å². The largest absolute Gasteiger partial charge is 0.451 e. The van der Waals surface area contributed by atoms with E-state index in [9.17, 15) is 9.59 Å². The molecule has 1 heterocycles. The molecule has 0 saturated carbocycles. The van der Waals surface area contributed by atoms with Gasteiger partial charge in [-0.25, -0.2) is 4.79 Å². The number of amides is 1. The molecule has 4 nitrogen and oxygen atoms in total. The number of carbonyl (C=O) groups is 2. The van der Waals surface area contributed by atoms with Gasteiger partial charge in [-0.1, -0.05) is 35.9 Å². The van der Waals surface area contributed by atoms with Crippen LogP contribution in [0.5, 0.6) is 0 Å². The van der Waals surface area contributed by atoms with E-state index in [4.69, 9.17) is 4.74 Å². The van der Waals surface area contributed by atoms with E-state index in [0.29, 0.717) is 4.88 Å². The highest BCUT2D eigenvalue weighted by Crippen LogP contribution is 2.29. The van der Waals surface area contributed by atoms with Gasteiger partial charge in [-0.3, -0.25) is 4.79 Å². The molecule has 1 aromatic heterocycles. The van der Waals surface area contributed by atoms with Gasteiger partial charge in [0.25, 0.3) is 5.91 Å². The Morgan fingerprint density at radius 3 is 2.64 bits per heavy atom. The second kappa shape index (κ2) is 7.98. The SMILES string of the molecule is Cc1ccc(-c2ccsc2C(=O)OCC(=O)Nc2ccc3c(c2)CCC3)cc1. The Hall–Kier alpha value is -2.92. The van der Waals surface area contributed by atoms with E-state index < -0.39 is 5.97 Å². The smallest absolute Gasteiger partial charge is 0.349 e. The summed E-state index contributed by atoms with van der Waals surface area (Å²) in [7, 11) is 0. The first-order valence-corrected chi connectivity index (χ1v) is 10.2. The molecule has 0 radical (unpaired) electrons. The molecular weight excluding hydrogens is 370 g/mol. The molecule has 0 atom stereocenters. The van der Waals surface area contributed by atoms with E-state index in [-0.39, 0.29) is 12.5 Å². The number of benzene rings is 2. The van der Waals surface area contributed by atoms with Crippen molar-refractivity contribution in [3.8, 4) is 11.1 Å². The summed E-state index contributed by atoms with van der Waals surface area (Å²) in [5.41, 5.74) is 6.33. The summed E-state index contributed by atoms with van der Waals surface area (Å²) in [6.07, 6.45) is 3.31. The van der Waals surface area contributed by atoms with Crippen molar-refractivity contribution in [2.75, 3.05) is 11.9 Å². The van der Waals surface area contributed by atoms with Crippen molar-refractivity contribution in [3.63, 3.8) is 0 Å². The fourth-order valence-electron chi connectivity index (χ4n) is 3.47. The molecule has 142 valence electrons. The number of thiophene rings is 1. The summed E-state index contributed by atoms with van der Waals surface area (Å²) in [6.45, 7) is 1.72. The molecule has 1 aliphatic carbocycles. The van der Waals surface area contributed by atoms with Crippen molar-refractivity contribution < 1.29 is 14.3 Å². The standard InChI is InChI=1S/C23H21NO3S/c1-15-5-7-17(8-6-15)20-11-12-28-22(20)23(26)27-14-21(25)24-19-10-9-16-3-2-4-18(16)13-19/h5-13H,2-4,14H2,1H3,(H,24,25). The van der Waals surface area contributed by atoms with Crippen LogP contribution in [0.15, 0.2) is 53.9 Å². The van der Waals surface area contributed by atoms with Gasteiger partial charge in [0.15, 0.2) is 6.61 Å². The fraction of sp³-hybridized carbons (Fsp3) is 0.217. The third-order valence-electron chi connectivity index (χ3n) is 4.93. The van der Waals surface area contributed by atoms with Crippen molar-refractivity contribution in [1.82, 2.24) is 0 Å². The lowest BCUT2D eigenvalue weighted by molar-refractivity contribution is -0.119. The molecule has 0 fully saturated rings. The maximum Gasteiger partial charge on any atom is 0.349 e. The van der Waals surface area contributed by atoms with Crippen molar-refractivity contribution in [2.24, 2.45) is 0 Å². The van der Waals surface area contributed by atoms with E-state index >= 15 is 0 Å². The van der Waals surface area contributed by atoms with Crippen molar-refractivity contribution in [1.29, 1.82) is 0 Å². The van der Waals surface area contributed by atoms with E-state index in [0.717, 1.165) is 41.6 Å². The Morgan fingerprint density at radius 1 is 1.04 bits per heavy atom. The summed E-state index contributed by atoms with van der Waals surface area (Å²) < 4.78 is 5.26. The number of hydrogen-bond donors (Lipinski definition) is 1. The van der Waals surface area contributed by atoms with Crippen LogP contribution in [0, 0.1) is 6.92 Å². The maximum atomic E-state index is 12.5. The zero-order chi connectivity index (χ0) is 19.5. The van der Waals surface area contributed by atoms with Crippen LogP contribution in [0.2, 0.25) is 0 Å². The van der Waals surface area contributed by atoms with Crippen molar-refractivity contribution in [2.45, 2.75) is 26.2 Å². The number of esters is 1. The number of aryl methyl sites for hydroxylation is 3. The average Bonchev–Trinajstić information content (AvgIpc) is 3.35. The number of carbonyl (C=O) groups excluding carboxylic acids is 2. The minimum absolute atomic E-state index is 0.304. The summed E-state index contributed by atoms with van der Waals surface area (Å²) in [5, 5.41) is 4.67. The van der Waals surface area contributed by atoms with Crippen LogP contribution in [0.25, 0.3) is 11.1 Å². The molecular formula is C23H21NO3S. The molecule has 1 aliphatic rings. The Bertz CT molecular complexity index is 1020. The van der Waals surface area contributed by atoms with Crippen LogP contribution in [0.3, 0.4) is 0 Å². The first-order valence-electron chi connectivity index (χ1n) is 9.33. The number of rotatable bonds is 5. The Labute approximate surface area is 168 Å². The molecule has 1 N–H and O–H groups in total. The zero-order valence-electron chi connectivity index (χ0n) is 15.7. The number of nitrogens with one attached hydrogen (secondary N) is 1. The van der Waals surface area contributed by atoms with Crippen LogP contribution in [0.4, 0.5) is 5.69 Å². The molecule has 0 spiro atoms. The van der Waals surface area contributed by atoms with Crippen LogP contribution in [0.1, 0.15) is 32.8 Å². The van der Waals surface area contributed by atoms with Crippen LogP contribution < -0.4 is 5.32 Å². The van der Waals surface area contributed by atoms with E-state index in [2.05, 4.69) is 11.4 Å². The molecule has 1 amide bonds. The molecule has 5 heteroatoms. The molecule has 0 bridgehead atoms. The molecule has 28 heavy (non-hydrogen) atoms. The summed E-state index contributed by atoms with van der Waals surface area (Å²) >= 11 is 1.32. The molecule has 0 aliphatic heterocycles. The number of fused-ring (bicyclic) bond motifs is 1. The third kappa shape index (κ3) is 3.99. The lowest BCUT2D eigenvalue weighted by Crippen LogP contribution is -2.20. The van der Waals surface area contributed by atoms with Crippen molar-refractivity contribution >= 4 is 28.9 Å². The zero-order valence-corrected chi connectivity index (χ0v) is 16.5. The molecule has 2 aromatic carbocycles. The van der Waals surface area contributed by atoms with Gasteiger partial charge < -0.3 is 10.1 Å². The number of anilines is 1. The van der Waals surface area contributed by atoms with Gasteiger partial charge in [0.05, 0.1) is 0 Å². The van der Waals surface area contributed by atoms with Gasteiger partial charge in [-0.05, 0) is 66.5 Å². The molecule has 0 saturated heterocycles. The van der Waals surface area contributed by atoms with E-state index in [1.54, 1.807) is 0 Å². The Morgan fingerprint density at radius 2 is 1.82 bits per heavy atom. The predicted molar refractivity (Wildman–Crippen MR) is 112 cm³/mol. The monoisotopic (exact) mass is 391 g/mol. The van der Waals surface area contributed by atoms with Gasteiger partial charge in [0.2, 0.25) is 0 Å². The highest BCUT2D eigenvalue weighted by molar-refractivity contribution is 7.12. The molecule has 0 unspecified atom stereocenters. The first kappa shape index (κ1) is 18.4. The lowest BCUT2D eigenvalue weighted by atomic mass is 10.1. The van der Waals surface area contributed by atoms with Crippen LogP contribution in [-0.2, 0) is 22.4 Å². The normalized spacial score (nSPS) is 12.5. The number of ether oxygens (including phenoxy) is 1. The van der Waals surface area contributed by atoms with Crippen LogP contribution >= 0.6 is 11.3 Å². The average molecular weight is 391 g/mol. The molecule has 3 aromatic rings. The van der Waals surface area contributed by atoms with Gasteiger partial charge in [0.1, 0.15) is 4.88 Å². The summed E-state index contributed by atoms with van der Waals surface area (Å²) in [4.78, 5) is 25.2. The Kier molecular flexibility index (Phi) is 5.26. The quantitative estimate of drug-likeness (QED) is 0.622. The maximum absolute atomic E-state index is 12.5. The summed E-state index contributed by atoms with van der Waals surface area (Å²) in [6, 6.07) is 15.8. The Balaban J connectivity index is 1.37. The first-order chi connectivity index (χ1) is 13.6. The number of hydrogen-bond acceptors (Lipinski definition) is 4. The van der Waals surface area contributed by atoms with Crippen molar-refractivity contribution in [3.05, 3.63) is 75.5 Å². The highest BCUT2D eigenvalue weighted by atomic mass is 32.1. The fourth-order valence-corrected chi connectivity index (χ4v) is 4.28. The molecule has 4 rings (SSSR count). The minimum Gasteiger partial charge on any atom is -0.451 e. The minimum atomic E-state index is -0.477. The second-order valence-electron chi connectivity index (χ2n) is 6.99. The van der Waals surface area contributed by atoms with Gasteiger partial charge in [-0.2, -0.15) is 0 Å². The second-order valence-corrected chi connectivity index (χ2v) is 7.91. The van der Waals surface area contributed by atoms with E-state index in [1.165, 1.54) is 22.5 Å². The highest BCUT2D eigenvalue weighted by Gasteiger charge is 2.18. The lowest BCUT2D eigenvalue weighted by Gasteiger charge is -2.09. The van der Waals surface area contributed by atoms with Gasteiger partial charge >= 0.3 is 5.97 Å². The third-order valence-corrected chi connectivity index (χ3v) is 5.82. The van der Waals surface area contributed by atoms with Crippen LogP contribution in [-0.4, -0.2) is 18.5 Å². The van der Waals surface area contributed by atoms with Gasteiger partial charge in [0, 0.05) is 11.3 Å². The van der Waals surface area contributed by atoms with Gasteiger partial charge in [-0.15, -0.1) is 11.3 Å².